The van der Waals surface area contributed by atoms with Crippen LogP contribution in [0.2, 0.25) is 0 Å². The molecule has 4 rings (SSSR count). The van der Waals surface area contributed by atoms with Gasteiger partial charge in [0, 0.05) is 31.5 Å². The Kier molecular flexibility index (Phi) is 3.57. The van der Waals surface area contributed by atoms with E-state index in [1.54, 1.807) is 30.3 Å². The molecule has 1 heterocycles. The molecule has 0 aromatic heterocycles. The van der Waals surface area contributed by atoms with Crippen molar-refractivity contribution in [3.63, 3.8) is 0 Å². The molecule has 1 atom stereocenters. The van der Waals surface area contributed by atoms with Crippen molar-refractivity contribution < 1.29 is 21.6 Å². The maximum absolute atomic E-state index is 14.2. The molecule has 2 aromatic rings. The van der Waals surface area contributed by atoms with E-state index < -0.39 is 27.9 Å². The Balaban J connectivity index is 1.77. The normalized spacial score (nSPS) is 22.4. The van der Waals surface area contributed by atoms with Gasteiger partial charge < -0.3 is 0 Å². The van der Waals surface area contributed by atoms with Crippen LogP contribution in [-0.2, 0) is 10.2 Å². The molecule has 1 saturated carbocycles. The molecule has 26 heavy (non-hydrogen) atoms. The first-order chi connectivity index (χ1) is 12.1. The first-order valence-corrected chi connectivity index (χ1v) is 9.56. The van der Waals surface area contributed by atoms with Gasteiger partial charge in [-0.2, -0.15) is 8.42 Å². The first-order valence-electron chi connectivity index (χ1n) is 8.16. The van der Waals surface area contributed by atoms with Crippen LogP contribution < -0.4 is 8.61 Å². The minimum Gasteiger partial charge on any atom is -0.254 e. The third-order valence-electron chi connectivity index (χ3n) is 4.98. The molecule has 0 spiro atoms. The van der Waals surface area contributed by atoms with Gasteiger partial charge in [0.2, 0.25) is 0 Å². The van der Waals surface area contributed by atoms with Crippen molar-refractivity contribution in [3.8, 4) is 11.1 Å². The van der Waals surface area contributed by atoms with Gasteiger partial charge in [0.1, 0.15) is 5.82 Å². The number of anilines is 2. The zero-order chi connectivity index (χ0) is 18.9. The van der Waals surface area contributed by atoms with Crippen molar-refractivity contribution in [3.05, 3.63) is 47.8 Å². The molecule has 1 unspecified atom stereocenters. The molecule has 4 nitrogen and oxygen atoms in total. The van der Waals surface area contributed by atoms with Gasteiger partial charge in [-0.15, -0.1) is 0 Å². The second-order valence-corrected chi connectivity index (χ2v) is 8.74. The van der Waals surface area contributed by atoms with Crippen LogP contribution in [-0.4, -0.2) is 27.9 Å². The van der Waals surface area contributed by atoms with Crippen LogP contribution in [0.1, 0.15) is 12.0 Å². The predicted octanol–water partition coefficient (Wildman–Crippen LogP) is 3.96. The maximum Gasteiger partial charge on any atom is 0.326 e. The van der Waals surface area contributed by atoms with Crippen LogP contribution >= 0.6 is 0 Å². The molecule has 2 aromatic carbocycles. The van der Waals surface area contributed by atoms with Crippen LogP contribution in [0.4, 0.5) is 24.5 Å². The fourth-order valence-corrected chi connectivity index (χ4v) is 4.73. The molecule has 0 amide bonds. The quantitative estimate of drug-likeness (QED) is 0.806. The molecule has 0 bridgehead atoms. The summed E-state index contributed by atoms with van der Waals surface area (Å²) in [7, 11) is -2.54. The van der Waals surface area contributed by atoms with Gasteiger partial charge in [0.15, 0.2) is 0 Å². The fraction of sp³-hybridized carbons (Fsp3) is 0.333. The highest BCUT2D eigenvalue weighted by molar-refractivity contribution is 7.94. The highest BCUT2D eigenvalue weighted by Crippen LogP contribution is 2.51. The van der Waals surface area contributed by atoms with Crippen LogP contribution in [0.25, 0.3) is 11.1 Å². The standard InChI is InChI=1S/C18H17F3N2O2S/c1-11-3-5-15(19)14(7-11)12-4-6-16-17(8-12)22(2)26(24,25)23(16)10-13-9-18(13,20)21/h3-8,13H,9-10H2,1-2H3. The summed E-state index contributed by atoms with van der Waals surface area (Å²) in [5.74, 6) is -4.18. The van der Waals surface area contributed by atoms with Crippen molar-refractivity contribution in [2.45, 2.75) is 19.3 Å². The van der Waals surface area contributed by atoms with Gasteiger partial charge in [0.25, 0.3) is 5.92 Å². The summed E-state index contributed by atoms with van der Waals surface area (Å²) in [5.41, 5.74) is 2.47. The summed E-state index contributed by atoms with van der Waals surface area (Å²) in [6, 6.07) is 9.44. The van der Waals surface area contributed by atoms with Crippen molar-refractivity contribution in [2.75, 3.05) is 22.2 Å². The third-order valence-corrected chi connectivity index (χ3v) is 6.77. The van der Waals surface area contributed by atoms with E-state index in [9.17, 15) is 21.6 Å². The molecule has 138 valence electrons. The summed E-state index contributed by atoms with van der Waals surface area (Å²) < 4.78 is 68.0. The summed E-state index contributed by atoms with van der Waals surface area (Å²) in [5, 5.41) is 0. The number of hydrogen-bond donors (Lipinski definition) is 0. The van der Waals surface area contributed by atoms with E-state index in [4.69, 9.17) is 0 Å². The van der Waals surface area contributed by atoms with Gasteiger partial charge in [-0.3, -0.25) is 8.61 Å². The molecular weight excluding hydrogens is 365 g/mol. The summed E-state index contributed by atoms with van der Waals surface area (Å²) in [6.07, 6.45) is -0.301. The van der Waals surface area contributed by atoms with Gasteiger partial charge in [-0.25, -0.2) is 13.2 Å². The van der Waals surface area contributed by atoms with Gasteiger partial charge >= 0.3 is 10.2 Å². The van der Waals surface area contributed by atoms with E-state index in [1.807, 2.05) is 6.92 Å². The lowest BCUT2D eigenvalue weighted by Crippen LogP contribution is -2.37. The number of halogens is 3. The molecule has 0 saturated heterocycles. The second kappa shape index (κ2) is 5.39. The van der Waals surface area contributed by atoms with Crippen LogP contribution in [0.15, 0.2) is 36.4 Å². The number of nitrogens with zero attached hydrogens (tertiary/aromatic N) is 2. The SMILES string of the molecule is Cc1ccc(F)c(-c2ccc3c(c2)N(C)S(=O)(=O)N3CC2CC2(F)F)c1. The van der Waals surface area contributed by atoms with Crippen LogP contribution in [0, 0.1) is 18.7 Å². The average Bonchev–Trinajstić information content (AvgIpc) is 3.14. The Labute approximate surface area is 150 Å². The zero-order valence-corrected chi connectivity index (χ0v) is 15.0. The fourth-order valence-electron chi connectivity index (χ4n) is 3.27. The van der Waals surface area contributed by atoms with Gasteiger partial charge in [0.05, 0.1) is 11.4 Å². The van der Waals surface area contributed by atoms with Crippen molar-refractivity contribution in [1.29, 1.82) is 0 Å². The van der Waals surface area contributed by atoms with Gasteiger partial charge in [-0.1, -0.05) is 17.7 Å². The van der Waals surface area contributed by atoms with Gasteiger partial charge in [-0.05, 0) is 36.8 Å². The largest absolute Gasteiger partial charge is 0.326 e. The van der Waals surface area contributed by atoms with Crippen LogP contribution in [0.5, 0.6) is 0 Å². The molecular formula is C18H17F3N2O2S. The van der Waals surface area contributed by atoms with Crippen molar-refractivity contribution in [2.24, 2.45) is 5.92 Å². The molecule has 8 heteroatoms. The Bertz CT molecular complexity index is 1010. The Morgan fingerprint density at radius 1 is 1.15 bits per heavy atom. The number of fused-ring (bicyclic) bond motifs is 1. The van der Waals surface area contributed by atoms with Crippen LogP contribution in [0.3, 0.4) is 0 Å². The van der Waals surface area contributed by atoms with Crippen molar-refractivity contribution in [1.82, 2.24) is 0 Å². The topological polar surface area (TPSA) is 40.6 Å². The summed E-state index contributed by atoms with van der Waals surface area (Å²) in [4.78, 5) is 0. The van der Waals surface area contributed by atoms with E-state index >= 15 is 0 Å². The van der Waals surface area contributed by atoms with Crippen molar-refractivity contribution >= 4 is 21.6 Å². The monoisotopic (exact) mass is 382 g/mol. The Hall–Kier alpha value is -2.22. The Morgan fingerprint density at radius 3 is 2.50 bits per heavy atom. The van der Waals surface area contributed by atoms with E-state index in [1.165, 1.54) is 13.1 Å². The second-order valence-electron chi connectivity index (χ2n) is 6.86. The lowest BCUT2D eigenvalue weighted by atomic mass is 10.0. The smallest absolute Gasteiger partial charge is 0.254 e. The predicted molar refractivity (Wildman–Crippen MR) is 94.3 cm³/mol. The lowest BCUT2D eigenvalue weighted by Gasteiger charge is -2.18. The first kappa shape index (κ1) is 17.2. The maximum atomic E-state index is 14.2. The van der Waals surface area contributed by atoms with E-state index in [0.29, 0.717) is 22.5 Å². The number of rotatable bonds is 3. The average molecular weight is 382 g/mol. The summed E-state index contributed by atoms with van der Waals surface area (Å²) in [6.45, 7) is 1.58. The highest BCUT2D eigenvalue weighted by atomic mass is 32.2. The summed E-state index contributed by atoms with van der Waals surface area (Å²) >= 11 is 0. The molecule has 0 N–H and O–H groups in total. The molecule has 0 radical (unpaired) electrons. The molecule has 1 fully saturated rings. The lowest BCUT2D eigenvalue weighted by molar-refractivity contribution is 0.101. The molecule has 1 aliphatic heterocycles. The number of hydrogen-bond acceptors (Lipinski definition) is 2. The minimum atomic E-state index is -3.91. The zero-order valence-electron chi connectivity index (χ0n) is 14.2. The number of alkyl halides is 2. The highest BCUT2D eigenvalue weighted by Gasteiger charge is 2.59. The minimum absolute atomic E-state index is 0.259. The number of aryl methyl sites for hydroxylation is 1. The third kappa shape index (κ3) is 2.55. The molecule has 1 aliphatic carbocycles. The molecule has 2 aliphatic rings. The van der Waals surface area contributed by atoms with E-state index in [2.05, 4.69) is 0 Å². The van der Waals surface area contributed by atoms with E-state index in [-0.39, 0.29) is 13.0 Å². The Morgan fingerprint density at radius 2 is 1.85 bits per heavy atom. The van der Waals surface area contributed by atoms with E-state index in [0.717, 1.165) is 14.2 Å². The number of benzene rings is 2.